The highest BCUT2D eigenvalue weighted by molar-refractivity contribution is 5.65. The lowest BCUT2D eigenvalue weighted by atomic mass is 9.95. The molecule has 4 nitrogen and oxygen atoms in total. The smallest absolute Gasteiger partial charge is 0.148 e. The Morgan fingerprint density at radius 3 is 2.35 bits per heavy atom. The van der Waals surface area contributed by atoms with E-state index in [9.17, 15) is 0 Å². The van der Waals surface area contributed by atoms with Crippen molar-refractivity contribution in [2.45, 2.75) is 66.0 Å². The number of hydrogen-bond acceptors (Lipinski definition) is 3. The second-order valence-electron chi connectivity index (χ2n) is 4.96. The Bertz CT molecular complexity index is 364. The Morgan fingerprint density at radius 2 is 1.88 bits per heavy atom. The van der Waals surface area contributed by atoms with Gasteiger partial charge in [0.15, 0.2) is 0 Å². The zero-order valence-electron chi connectivity index (χ0n) is 11.8. The first kappa shape index (κ1) is 13.9. The first-order chi connectivity index (χ1) is 7.97. The summed E-state index contributed by atoms with van der Waals surface area (Å²) in [5.41, 5.74) is 7.89. The van der Waals surface area contributed by atoms with Crippen molar-refractivity contribution in [3.05, 3.63) is 5.69 Å². The monoisotopic (exact) mass is 238 g/mol. The average molecular weight is 238 g/mol. The van der Waals surface area contributed by atoms with Crippen molar-refractivity contribution < 1.29 is 0 Å². The van der Waals surface area contributed by atoms with Gasteiger partial charge in [0, 0.05) is 12.1 Å². The summed E-state index contributed by atoms with van der Waals surface area (Å²) in [6.07, 6.45) is 3.20. The standard InChI is InChI=1S/C13H26N4/c1-6-9-17-12(11(14)10(4)16-17)15-13(5,7-2)8-3/h15H,6-9,14H2,1-5H3. The zero-order valence-corrected chi connectivity index (χ0v) is 11.8. The van der Waals surface area contributed by atoms with Crippen LogP contribution in [0.1, 0.15) is 52.7 Å². The van der Waals surface area contributed by atoms with Crippen LogP contribution < -0.4 is 11.1 Å². The van der Waals surface area contributed by atoms with E-state index in [0.717, 1.165) is 43.0 Å². The van der Waals surface area contributed by atoms with Crippen LogP contribution in [0.5, 0.6) is 0 Å². The largest absolute Gasteiger partial charge is 0.394 e. The summed E-state index contributed by atoms with van der Waals surface area (Å²) in [5.74, 6) is 0.982. The summed E-state index contributed by atoms with van der Waals surface area (Å²) in [4.78, 5) is 0. The van der Waals surface area contributed by atoms with Crippen LogP contribution in [-0.2, 0) is 6.54 Å². The van der Waals surface area contributed by atoms with E-state index in [1.54, 1.807) is 0 Å². The summed E-state index contributed by atoms with van der Waals surface area (Å²) in [7, 11) is 0. The lowest BCUT2D eigenvalue weighted by molar-refractivity contribution is 0.468. The number of nitrogens with one attached hydrogen (secondary N) is 1. The SMILES string of the molecule is CCCn1nc(C)c(N)c1NC(C)(CC)CC. The highest BCUT2D eigenvalue weighted by Crippen LogP contribution is 2.28. The van der Waals surface area contributed by atoms with E-state index >= 15 is 0 Å². The predicted molar refractivity (Wildman–Crippen MR) is 74.3 cm³/mol. The number of nitrogens with zero attached hydrogens (tertiary/aromatic N) is 2. The molecule has 0 fully saturated rings. The van der Waals surface area contributed by atoms with E-state index in [1.165, 1.54) is 0 Å². The third-order valence-electron chi connectivity index (χ3n) is 3.59. The summed E-state index contributed by atoms with van der Waals surface area (Å²) in [6, 6.07) is 0. The minimum atomic E-state index is 0.0894. The van der Waals surface area contributed by atoms with E-state index in [0.29, 0.717) is 0 Å². The van der Waals surface area contributed by atoms with Gasteiger partial charge < -0.3 is 11.1 Å². The minimum absolute atomic E-state index is 0.0894. The van der Waals surface area contributed by atoms with Gasteiger partial charge in [-0.1, -0.05) is 20.8 Å². The highest BCUT2D eigenvalue weighted by atomic mass is 15.3. The maximum Gasteiger partial charge on any atom is 0.148 e. The van der Waals surface area contributed by atoms with Gasteiger partial charge in [-0.2, -0.15) is 5.10 Å². The highest BCUT2D eigenvalue weighted by Gasteiger charge is 2.23. The van der Waals surface area contributed by atoms with Crippen LogP contribution in [0.25, 0.3) is 0 Å². The molecule has 1 heterocycles. The maximum atomic E-state index is 6.10. The number of rotatable bonds is 6. The second-order valence-corrected chi connectivity index (χ2v) is 4.96. The summed E-state index contributed by atoms with van der Waals surface area (Å²) in [6.45, 7) is 11.6. The van der Waals surface area contributed by atoms with Crippen LogP contribution in [0.3, 0.4) is 0 Å². The van der Waals surface area contributed by atoms with Crippen LogP contribution in [0.4, 0.5) is 11.5 Å². The number of aromatic nitrogens is 2. The van der Waals surface area contributed by atoms with Gasteiger partial charge in [-0.25, -0.2) is 4.68 Å². The van der Waals surface area contributed by atoms with Gasteiger partial charge in [0.2, 0.25) is 0 Å². The lowest BCUT2D eigenvalue weighted by Gasteiger charge is -2.30. The van der Waals surface area contributed by atoms with E-state index in [-0.39, 0.29) is 5.54 Å². The molecule has 17 heavy (non-hydrogen) atoms. The van der Waals surface area contributed by atoms with Crippen LogP contribution in [0.2, 0.25) is 0 Å². The molecule has 0 radical (unpaired) electrons. The molecule has 0 spiro atoms. The lowest BCUT2D eigenvalue weighted by Crippen LogP contribution is -2.34. The molecule has 3 N–H and O–H groups in total. The molecule has 0 aliphatic carbocycles. The molecule has 98 valence electrons. The first-order valence-corrected chi connectivity index (χ1v) is 6.58. The molecule has 4 heteroatoms. The van der Waals surface area contributed by atoms with Crippen LogP contribution in [0, 0.1) is 6.92 Å². The molecule has 0 saturated heterocycles. The predicted octanol–water partition coefficient (Wildman–Crippen LogP) is 3.17. The van der Waals surface area contributed by atoms with Gasteiger partial charge in [-0.15, -0.1) is 0 Å². The minimum Gasteiger partial charge on any atom is -0.394 e. The molecule has 0 unspecified atom stereocenters. The Hall–Kier alpha value is -1.19. The van der Waals surface area contributed by atoms with Gasteiger partial charge in [0.1, 0.15) is 5.82 Å². The van der Waals surface area contributed by atoms with Crippen molar-refractivity contribution in [3.63, 3.8) is 0 Å². The van der Waals surface area contributed by atoms with Crippen LogP contribution in [-0.4, -0.2) is 15.3 Å². The van der Waals surface area contributed by atoms with Crippen LogP contribution in [0.15, 0.2) is 0 Å². The zero-order chi connectivity index (χ0) is 13.1. The molecule has 0 atom stereocenters. The topological polar surface area (TPSA) is 55.9 Å². The van der Waals surface area contributed by atoms with E-state index in [2.05, 4.69) is 38.1 Å². The second kappa shape index (κ2) is 5.43. The van der Waals surface area contributed by atoms with Gasteiger partial charge >= 0.3 is 0 Å². The molecule has 0 aliphatic rings. The number of nitrogen functional groups attached to an aromatic ring is 1. The van der Waals surface area contributed by atoms with Gasteiger partial charge in [-0.05, 0) is 33.1 Å². The van der Waals surface area contributed by atoms with Crippen molar-refractivity contribution in [2.24, 2.45) is 0 Å². The molecule has 0 saturated carbocycles. The van der Waals surface area contributed by atoms with Gasteiger partial charge in [0.25, 0.3) is 0 Å². The van der Waals surface area contributed by atoms with Crippen molar-refractivity contribution >= 4 is 11.5 Å². The fraction of sp³-hybridized carbons (Fsp3) is 0.769. The molecule has 0 amide bonds. The molecular formula is C13H26N4. The number of anilines is 2. The Morgan fingerprint density at radius 1 is 1.29 bits per heavy atom. The fourth-order valence-corrected chi connectivity index (χ4v) is 1.81. The summed E-state index contributed by atoms with van der Waals surface area (Å²) >= 11 is 0. The molecule has 0 aromatic carbocycles. The molecule has 0 aliphatic heterocycles. The number of aryl methyl sites for hydroxylation is 2. The summed E-state index contributed by atoms with van der Waals surface area (Å²) in [5, 5.41) is 8.05. The molecule has 1 aromatic rings. The first-order valence-electron chi connectivity index (χ1n) is 6.58. The third-order valence-corrected chi connectivity index (χ3v) is 3.59. The molecular weight excluding hydrogens is 212 g/mol. The third kappa shape index (κ3) is 2.93. The van der Waals surface area contributed by atoms with Crippen molar-refractivity contribution in [3.8, 4) is 0 Å². The van der Waals surface area contributed by atoms with Gasteiger partial charge in [-0.3, -0.25) is 0 Å². The quantitative estimate of drug-likeness (QED) is 0.800. The average Bonchev–Trinajstić information content (AvgIpc) is 2.57. The van der Waals surface area contributed by atoms with Crippen molar-refractivity contribution in [2.75, 3.05) is 11.1 Å². The fourth-order valence-electron chi connectivity index (χ4n) is 1.81. The molecule has 1 rings (SSSR count). The van der Waals surface area contributed by atoms with Crippen LogP contribution >= 0.6 is 0 Å². The maximum absolute atomic E-state index is 6.10. The normalized spacial score (nSPS) is 11.8. The van der Waals surface area contributed by atoms with E-state index in [4.69, 9.17) is 5.73 Å². The number of nitrogens with two attached hydrogens (primary N) is 1. The van der Waals surface area contributed by atoms with E-state index in [1.807, 2.05) is 11.6 Å². The van der Waals surface area contributed by atoms with E-state index < -0.39 is 0 Å². The number of hydrogen-bond donors (Lipinski definition) is 2. The van der Waals surface area contributed by atoms with Crippen molar-refractivity contribution in [1.82, 2.24) is 9.78 Å². The summed E-state index contributed by atoms with van der Waals surface area (Å²) < 4.78 is 1.99. The van der Waals surface area contributed by atoms with Crippen molar-refractivity contribution in [1.29, 1.82) is 0 Å². The van der Waals surface area contributed by atoms with Gasteiger partial charge in [0.05, 0.1) is 11.4 Å². The Labute approximate surface area is 105 Å². The molecule has 1 aromatic heterocycles. The Kier molecular flexibility index (Phi) is 4.43. The Balaban J connectivity index is 3.03. The molecule has 0 bridgehead atoms.